The van der Waals surface area contributed by atoms with Crippen molar-refractivity contribution >= 4 is 40.1 Å². The second kappa shape index (κ2) is 9.21. The highest BCUT2D eigenvalue weighted by molar-refractivity contribution is 6.34. The van der Waals surface area contributed by atoms with Crippen molar-refractivity contribution in [2.75, 3.05) is 18.0 Å². The number of aromatic hydroxyl groups is 1. The number of imide groups is 1. The number of hydrogen-bond donors (Lipinski definition) is 2. The van der Waals surface area contributed by atoms with Crippen LogP contribution in [0.4, 0.5) is 14.6 Å². The summed E-state index contributed by atoms with van der Waals surface area (Å²) < 4.78 is 31.1. The van der Waals surface area contributed by atoms with Gasteiger partial charge in [0.15, 0.2) is 11.6 Å². The van der Waals surface area contributed by atoms with Gasteiger partial charge in [0.25, 0.3) is 11.8 Å². The van der Waals surface area contributed by atoms with Crippen molar-refractivity contribution in [3.05, 3.63) is 82.1 Å². The maximum Gasteiger partial charge on any atom is 0.261 e. The van der Waals surface area contributed by atoms with Crippen LogP contribution in [0.3, 0.4) is 0 Å². The van der Waals surface area contributed by atoms with Gasteiger partial charge in [-0.1, -0.05) is 29.8 Å². The molecule has 0 radical (unpaired) electrons. The highest BCUT2D eigenvalue weighted by Gasteiger charge is 2.37. The molecule has 2 saturated heterocycles. The topological polar surface area (TPSA) is 98.7 Å². The van der Waals surface area contributed by atoms with Crippen LogP contribution in [0.1, 0.15) is 39.4 Å². The van der Waals surface area contributed by atoms with Crippen LogP contribution in [0.25, 0.3) is 22.0 Å². The second-order valence-corrected chi connectivity index (χ2v) is 10.7. The number of aromatic nitrogens is 2. The van der Waals surface area contributed by atoms with E-state index in [1.54, 1.807) is 24.3 Å². The van der Waals surface area contributed by atoms with Crippen LogP contribution in [0.5, 0.6) is 5.75 Å². The number of carbonyl (C=O) groups excluding carboxylic acids is 2. The van der Waals surface area contributed by atoms with Crippen LogP contribution in [0.15, 0.2) is 48.5 Å². The number of amides is 2. The molecule has 40 heavy (non-hydrogen) atoms. The molecule has 3 aromatic carbocycles. The smallest absolute Gasteiger partial charge is 0.261 e. The Hall–Kier alpha value is -4.15. The molecule has 2 amide bonds. The van der Waals surface area contributed by atoms with Crippen molar-refractivity contribution < 1.29 is 23.5 Å². The predicted octanol–water partition coefficient (Wildman–Crippen LogP) is 4.67. The number of benzene rings is 3. The molecule has 2 fully saturated rings. The number of rotatable bonds is 4. The first kappa shape index (κ1) is 24.9. The second-order valence-electron chi connectivity index (χ2n) is 10.3. The highest BCUT2D eigenvalue weighted by Crippen LogP contribution is 2.42. The summed E-state index contributed by atoms with van der Waals surface area (Å²) >= 11 is 6.53. The van der Waals surface area contributed by atoms with E-state index in [0.29, 0.717) is 24.3 Å². The Morgan fingerprint density at radius 2 is 1.62 bits per heavy atom. The Balaban J connectivity index is 1.40. The monoisotopic (exact) mass is 561 g/mol. The minimum Gasteiger partial charge on any atom is -0.507 e. The summed E-state index contributed by atoms with van der Waals surface area (Å²) in [6, 6.07) is 12.1. The minimum atomic E-state index is -0.937. The van der Waals surface area contributed by atoms with Crippen molar-refractivity contribution in [1.29, 1.82) is 0 Å². The Morgan fingerprint density at radius 3 is 2.27 bits per heavy atom. The molecule has 8 nitrogen and oxygen atoms in total. The van der Waals surface area contributed by atoms with Gasteiger partial charge < -0.3 is 15.3 Å². The Labute approximate surface area is 232 Å². The first-order chi connectivity index (χ1) is 19.3. The van der Waals surface area contributed by atoms with Crippen molar-refractivity contribution in [2.45, 2.75) is 31.5 Å². The number of halogens is 3. The lowest BCUT2D eigenvalue weighted by molar-refractivity contribution is 0.0638. The van der Waals surface area contributed by atoms with Crippen LogP contribution in [-0.4, -0.2) is 57.0 Å². The number of fused-ring (bicyclic) bond motifs is 4. The van der Waals surface area contributed by atoms with E-state index >= 15 is 4.39 Å². The average Bonchev–Trinajstić information content (AvgIpc) is 3.40. The summed E-state index contributed by atoms with van der Waals surface area (Å²) in [5.74, 6) is -2.76. The lowest BCUT2D eigenvalue weighted by Gasteiger charge is -2.34. The summed E-state index contributed by atoms with van der Waals surface area (Å²) in [6.45, 7) is 0.949. The van der Waals surface area contributed by atoms with Crippen molar-refractivity contribution in [1.82, 2.24) is 20.2 Å². The molecule has 11 heteroatoms. The summed E-state index contributed by atoms with van der Waals surface area (Å²) in [5, 5.41) is 14.1. The van der Waals surface area contributed by atoms with E-state index < -0.39 is 29.2 Å². The molecule has 4 aromatic rings. The quantitative estimate of drug-likeness (QED) is 0.349. The van der Waals surface area contributed by atoms with Crippen molar-refractivity contribution in [3.8, 4) is 16.9 Å². The zero-order chi connectivity index (χ0) is 27.7. The van der Waals surface area contributed by atoms with Gasteiger partial charge in [-0.15, -0.1) is 0 Å². The molecular formula is C29H22ClF2N5O3. The zero-order valence-corrected chi connectivity index (χ0v) is 21.8. The van der Waals surface area contributed by atoms with Gasteiger partial charge in [0.2, 0.25) is 0 Å². The third-order valence-corrected chi connectivity index (χ3v) is 8.14. The number of nitrogens with zero attached hydrogens (tertiary/aromatic N) is 4. The fraction of sp³-hybridized carbons (Fsp3) is 0.241. The van der Waals surface area contributed by atoms with E-state index in [4.69, 9.17) is 16.6 Å². The summed E-state index contributed by atoms with van der Waals surface area (Å²) in [5.41, 5.74) is -0.301. The van der Waals surface area contributed by atoms with Gasteiger partial charge in [-0.25, -0.2) is 18.7 Å². The van der Waals surface area contributed by atoms with Crippen LogP contribution < -0.4 is 10.2 Å². The number of hydrogen-bond acceptors (Lipinski definition) is 7. The molecular weight excluding hydrogens is 540 g/mol. The van der Waals surface area contributed by atoms with E-state index in [-0.39, 0.29) is 57.2 Å². The molecule has 3 aliphatic heterocycles. The lowest BCUT2D eigenvalue weighted by atomic mass is 10.0. The van der Waals surface area contributed by atoms with Crippen LogP contribution in [-0.2, 0) is 6.54 Å². The number of phenolic OH excluding ortho intramolecular Hbond substituents is 1. The van der Waals surface area contributed by atoms with Gasteiger partial charge in [-0.2, -0.15) is 0 Å². The SMILES string of the molecule is O=C1c2ccccc2C(=O)N1Cc1nc(N2CC3CCC(C2)N3)c2cc(Cl)c(-c3c(O)cccc3F)c(F)c2n1. The van der Waals surface area contributed by atoms with Crippen LogP contribution in [0.2, 0.25) is 5.02 Å². The maximum atomic E-state index is 16.3. The molecule has 2 bridgehead atoms. The molecule has 7 rings (SSSR count). The number of phenols is 1. The Bertz CT molecular complexity index is 1680. The van der Waals surface area contributed by atoms with Gasteiger partial charge in [0.1, 0.15) is 22.9 Å². The van der Waals surface area contributed by atoms with Crippen LogP contribution >= 0.6 is 11.6 Å². The third-order valence-electron chi connectivity index (χ3n) is 7.84. The minimum absolute atomic E-state index is 0.0489. The maximum absolute atomic E-state index is 16.3. The molecule has 202 valence electrons. The van der Waals surface area contributed by atoms with E-state index in [1.165, 1.54) is 18.2 Å². The molecule has 0 spiro atoms. The summed E-state index contributed by atoms with van der Waals surface area (Å²) in [6.07, 6.45) is 2.00. The Kier molecular flexibility index (Phi) is 5.72. The zero-order valence-electron chi connectivity index (χ0n) is 21.0. The van der Waals surface area contributed by atoms with Gasteiger partial charge in [0, 0.05) is 36.1 Å². The molecule has 0 saturated carbocycles. The van der Waals surface area contributed by atoms with E-state index in [2.05, 4.69) is 10.3 Å². The van der Waals surface area contributed by atoms with Crippen molar-refractivity contribution in [2.24, 2.45) is 0 Å². The fourth-order valence-corrected chi connectivity index (χ4v) is 6.31. The third kappa shape index (κ3) is 3.82. The Morgan fingerprint density at radius 1 is 0.950 bits per heavy atom. The molecule has 2 unspecified atom stereocenters. The average molecular weight is 562 g/mol. The summed E-state index contributed by atoms with van der Waals surface area (Å²) in [4.78, 5) is 38.3. The standard InChI is InChI=1S/C29H22ClF2N5O3/c30-19-10-18-26(25(32)23(19)24-20(31)6-3-7-21(24)38)34-22(35-27(18)36-11-14-8-9-15(12-36)33-14)13-37-28(39)16-4-1-2-5-17(16)29(37)40/h1-7,10,14-15,33,38H,8-9,11-13H2. The van der Waals surface area contributed by atoms with Gasteiger partial charge in [0.05, 0.1) is 28.3 Å². The van der Waals surface area contributed by atoms with E-state index in [1.807, 2.05) is 4.90 Å². The number of carbonyl (C=O) groups is 2. The normalized spacial score (nSPS) is 20.1. The highest BCUT2D eigenvalue weighted by atomic mass is 35.5. The van der Waals surface area contributed by atoms with E-state index in [0.717, 1.165) is 23.8 Å². The van der Waals surface area contributed by atoms with Gasteiger partial charge in [-0.3, -0.25) is 14.5 Å². The van der Waals surface area contributed by atoms with Gasteiger partial charge >= 0.3 is 0 Å². The molecule has 3 aliphatic rings. The molecule has 4 heterocycles. The number of anilines is 1. The molecule has 0 aliphatic carbocycles. The predicted molar refractivity (Wildman–Crippen MR) is 144 cm³/mol. The van der Waals surface area contributed by atoms with Crippen LogP contribution in [0, 0.1) is 11.6 Å². The van der Waals surface area contributed by atoms with Gasteiger partial charge in [-0.05, 0) is 43.2 Å². The first-order valence-electron chi connectivity index (χ1n) is 12.9. The number of piperazine rings is 1. The summed E-state index contributed by atoms with van der Waals surface area (Å²) in [7, 11) is 0. The van der Waals surface area contributed by atoms with E-state index in [9.17, 15) is 19.1 Å². The fourth-order valence-electron chi connectivity index (χ4n) is 6.02. The van der Waals surface area contributed by atoms with Crippen molar-refractivity contribution in [3.63, 3.8) is 0 Å². The lowest BCUT2D eigenvalue weighted by Crippen LogP contribution is -2.51. The molecule has 2 N–H and O–H groups in total. The first-order valence-corrected chi connectivity index (χ1v) is 13.3. The largest absolute Gasteiger partial charge is 0.507 e. The number of nitrogens with one attached hydrogen (secondary N) is 1. The molecule has 1 aromatic heterocycles. The molecule has 2 atom stereocenters.